The van der Waals surface area contributed by atoms with Gasteiger partial charge in [-0.25, -0.2) is 4.98 Å². The van der Waals surface area contributed by atoms with Crippen LogP contribution in [-0.4, -0.2) is 23.0 Å². The first-order valence-corrected chi connectivity index (χ1v) is 10.4. The summed E-state index contributed by atoms with van der Waals surface area (Å²) in [6.45, 7) is -0.0696. The van der Waals surface area contributed by atoms with Crippen molar-refractivity contribution in [3.05, 3.63) is 52.6 Å². The Labute approximate surface area is 182 Å². The Bertz CT molecular complexity index is 1100. The number of furan rings is 1. The molecule has 2 heterocycles. The second-order valence-corrected chi connectivity index (χ2v) is 8.07. The number of fused-ring (bicyclic) bond motifs is 1. The lowest BCUT2D eigenvalue weighted by atomic mass is 9.80. The second kappa shape index (κ2) is 9.18. The van der Waals surface area contributed by atoms with Gasteiger partial charge in [-0.3, -0.25) is 4.79 Å². The van der Waals surface area contributed by atoms with Gasteiger partial charge in [-0.1, -0.05) is 17.7 Å². The van der Waals surface area contributed by atoms with Crippen molar-refractivity contribution >= 4 is 28.5 Å². The Kier molecular flexibility index (Phi) is 6.36. The first-order valence-electron chi connectivity index (χ1n) is 10.0. The third-order valence-corrected chi connectivity index (χ3v) is 6.00. The summed E-state index contributed by atoms with van der Waals surface area (Å²) < 4.78 is 43.2. The molecular weight excluding hydrogens is 430 g/mol. The molecule has 0 atom stereocenters. The average Bonchev–Trinajstić information content (AvgIpc) is 3.17. The molecule has 1 aromatic carbocycles. The molecular formula is C22H21ClF2N2O4. The SMILES string of the molecule is COC(=O)CC1CCC(c2ncc(F)c(OCc3ccc(Cl)c4cc(F)oc34)n2)CC1. The minimum absolute atomic E-state index is 0.0678. The van der Waals surface area contributed by atoms with Crippen LogP contribution in [0, 0.1) is 17.7 Å². The van der Waals surface area contributed by atoms with E-state index >= 15 is 0 Å². The lowest BCUT2D eigenvalue weighted by molar-refractivity contribution is -0.142. The Morgan fingerprint density at radius 3 is 2.77 bits per heavy atom. The van der Waals surface area contributed by atoms with Crippen LogP contribution in [0.25, 0.3) is 11.0 Å². The largest absolute Gasteiger partial charge is 0.470 e. The number of benzene rings is 1. The van der Waals surface area contributed by atoms with Gasteiger partial charge in [-0.2, -0.15) is 13.8 Å². The Balaban J connectivity index is 1.45. The Morgan fingerprint density at radius 2 is 2.03 bits per heavy atom. The topological polar surface area (TPSA) is 74.5 Å². The maximum absolute atomic E-state index is 14.3. The van der Waals surface area contributed by atoms with Gasteiger partial charge in [0.05, 0.1) is 18.3 Å². The van der Waals surface area contributed by atoms with Crippen molar-refractivity contribution in [1.29, 1.82) is 0 Å². The zero-order valence-corrected chi connectivity index (χ0v) is 17.6. The van der Waals surface area contributed by atoms with Crippen molar-refractivity contribution in [2.75, 3.05) is 7.11 Å². The summed E-state index contributed by atoms with van der Waals surface area (Å²) in [7, 11) is 1.39. The molecule has 0 spiro atoms. The number of methoxy groups -OCH3 is 1. The molecule has 0 aliphatic heterocycles. The lowest BCUT2D eigenvalue weighted by Crippen LogP contribution is -2.18. The standard InChI is InChI=1S/C22H21ClF2N2O4/c1-29-19(28)8-12-2-4-13(5-3-12)21-26-10-17(24)22(27-21)30-11-14-6-7-16(23)15-9-18(25)31-20(14)15/h6-7,9-10,12-13H,2-5,8,11H2,1H3. The molecule has 0 N–H and O–H groups in total. The molecule has 31 heavy (non-hydrogen) atoms. The molecule has 3 aromatic rings. The van der Waals surface area contributed by atoms with Crippen molar-refractivity contribution in [2.24, 2.45) is 5.92 Å². The fraction of sp³-hybridized carbons (Fsp3) is 0.409. The van der Waals surface area contributed by atoms with Gasteiger partial charge in [0.1, 0.15) is 18.0 Å². The smallest absolute Gasteiger partial charge is 0.305 e. The number of halogens is 3. The molecule has 1 aliphatic carbocycles. The molecule has 0 amide bonds. The zero-order valence-electron chi connectivity index (χ0n) is 16.9. The summed E-state index contributed by atoms with van der Waals surface area (Å²) in [5.41, 5.74) is 0.773. The molecule has 0 radical (unpaired) electrons. The number of nitrogens with zero attached hydrogens (tertiary/aromatic N) is 2. The molecule has 1 aliphatic rings. The molecule has 9 heteroatoms. The van der Waals surface area contributed by atoms with Gasteiger partial charge in [0, 0.05) is 29.4 Å². The van der Waals surface area contributed by atoms with Crippen molar-refractivity contribution < 1.29 is 27.5 Å². The molecule has 0 unspecified atom stereocenters. The number of aromatic nitrogens is 2. The fourth-order valence-corrected chi connectivity index (χ4v) is 4.19. The van der Waals surface area contributed by atoms with E-state index in [0.29, 0.717) is 28.2 Å². The van der Waals surface area contributed by atoms with E-state index in [9.17, 15) is 13.6 Å². The molecule has 0 saturated heterocycles. The zero-order chi connectivity index (χ0) is 22.0. The minimum Gasteiger partial charge on any atom is -0.470 e. The predicted molar refractivity (Wildman–Crippen MR) is 109 cm³/mol. The van der Waals surface area contributed by atoms with Crippen LogP contribution in [-0.2, 0) is 16.1 Å². The third-order valence-electron chi connectivity index (χ3n) is 5.67. The highest BCUT2D eigenvalue weighted by Crippen LogP contribution is 2.36. The van der Waals surface area contributed by atoms with Crippen LogP contribution >= 0.6 is 11.6 Å². The highest BCUT2D eigenvalue weighted by molar-refractivity contribution is 6.35. The van der Waals surface area contributed by atoms with E-state index in [0.717, 1.165) is 31.9 Å². The Morgan fingerprint density at radius 1 is 1.26 bits per heavy atom. The number of rotatable bonds is 6. The van der Waals surface area contributed by atoms with Crippen molar-refractivity contribution in [3.8, 4) is 5.88 Å². The number of hydrogen-bond donors (Lipinski definition) is 0. The van der Waals surface area contributed by atoms with Crippen LogP contribution < -0.4 is 4.74 Å². The van der Waals surface area contributed by atoms with Gasteiger partial charge in [0.25, 0.3) is 11.9 Å². The number of hydrogen-bond acceptors (Lipinski definition) is 6. The summed E-state index contributed by atoms with van der Waals surface area (Å²) in [5.74, 6) is -0.196. The van der Waals surface area contributed by atoms with E-state index in [-0.39, 0.29) is 35.9 Å². The van der Waals surface area contributed by atoms with Crippen molar-refractivity contribution in [3.63, 3.8) is 0 Å². The average molecular weight is 451 g/mol. The van der Waals surface area contributed by atoms with Crippen LogP contribution in [0.2, 0.25) is 5.02 Å². The van der Waals surface area contributed by atoms with E-state index in [4.69, 9.17) is 25.5 Å². The van der Waals surface area contributed by atoms with Gasteiger partial charge >= 0.3 is 5.97 Å². The number of carbonyl (C=O) groups is 1. The minimum atomic E-state index is -0.761. The summed E-state index contributed by atoms with van der Waals surface area (Å²) in [5, 5.41) is 0.775. The van der Waals surface area contributed by atoms with E-state index in [1.165, 1.54) is 13.2 Å². The fourth-order valence-electron chi connectivity index (χ4n) is 3.98. The van der Waals surface area contributed by atoms with Crippen molar-refractivity contribution in [1.82, 2.24) is 9.97 Å². The highest BCUT2D eigenvalue weighted by Gasteiger charge is 2.27. The number of esters is 1. The van der Waals surface area contributed by atoms with Crippen LogP contribution in [0.3, 0.4) is 0 Å². The van der Waals surface area contributed by atoms with E-state index in [1.54, 1.807) is 12.1 Å². The van der Waals surface area contributed by atoms with Crippen molar-refractivity contribution in [2.45, 2.75) is 44.6 Å². The molecule has 1 saturated carbocycles. The van der Waals surface area contributed by atoms with E-state index in [1.807, 2.05) is 0 Å². The first-order chi connectivity index (χ1) is 14.9. The van der Waals surface area contributed by atoms with E-state index in [2.05, 4.69) is 9.97 Å². The van der Waals surface area contributed by atoms with Crippen LogP contribution in [0.5, 0.6) is 5.88 Å². The predicted octanol–water partition coefficient (Wildman–Crippen LogP) is 5.57. The molecule has 1 fully saturated rings. The molecule has 2 aromatic heterocycles. The summed E-state index contributed by atoms with van der Waals surface area (Å²) in [6, 6.07) is 3.67. The van der Waals surface area contributed by atoms with Gasteiger partial charge in [0.15, 0.2) is 0 Å². The number of carbonyl (C=O) groups excluding carboxylic acids is 1. The first kappa shape index (κ1) is 21.5. The highest BCUT2D eigenvalue weighted by atomic mass is 35.5. The molecule has 4 rings (SSSR count). The quantitative estimate of drug-likeness (QED) is 0.457. The van der Waals surface area contributed by atoms with E-state index < -0.39 is 11.8 Å². The van der Waals surface area contributed by atoms with Gasteiger partial charge in [0.2, 0.25) is 5.82 Å². The summed E-state index contributed by atoms with van der Waals surface area (Å²) in [4.78, 5) is 19.9. The summed E-state index contributed by atoms with van der Waals surface area (Å²) >= 11 is 6.06. The van der Waals surface area contributed by atoms with Crippen LogP contribution in [0.1, 0.15) is 49.4 Å². The Hall–Kier alpha value is -2.74. The lowest BCUT2D eigenvalue weighted by Gasteiger charge is -2.27. The van der Waals surface area contributed by atoms with Gasteiger partial charge < -0.3 is 13.9 Å². The van der Waals surface area contributed by atoms with Gasteiger partial charge in [-0.15, -0.1) is 0 Å². The second-order valence-electron chi connectivity index (χ2n) is 7.67. The number of ether oxygens (including phenoxy) is 2. The maximum Gasteiger partial charge on any atom is 0.305 e. The molecule has 164 valence electrons. The van der Waals surface area contributed by atoms with Crippen LogP contribution in [0.4, 0.5) is 8.78 Å². The summed E-state index contributed by atoms with van der Waals surface area (Å²) in [6.07, 6.45) is 4.81. The monoisotopic (exact) mass is 450 g/mol. The normalized spacial score (nSPS) is 18.8. The molecule has 0 bridgehead atoms. The third kappa shape index (κ3) is 4.79. The maximum atomic E-state index is 14.3. The molecule has 6 nitrogen and oxygen atoms in total. The van der Waals surface area contributed by atoms with Crippen LogP contribution in [0.15, 0.2) is 28.8 Å². The van der Waals surface area contributed by atoms with Gasteiger partial charge in [-0.05, 0) is 37.7 Å².